The number of hydrogen-bond acceptors (Lipinski definition) is 2. The number of aryl methyl sites for hydroxylation is 1. The second kappa shape index (κ2) is 8.81. The van der Waals surface area contributed by atoms with Gasteiger partial charge >= 0.3 is 0 Å². The average molecular weight is 391 g/mol. The van der Waals surface area contributed by atoms with Gasteiger partial charge in [-0.05, 0) is 36.8 Å². The van der Waals surface area contributed by atoms with Crippen molar-refractivity contribution in [1.29, 1.82) is 0 Å². The minimum atomic E-state index is -0.330. The van der Waals surface area contributed by atoms with E-state index in [4.69, 9.17) is 0 Å². The molecule has 2 aromatic rings. The zero-order chi connectivity index (χ0) is 20.1. The molecule has 152 valence electrons. The van der Waals surface area contributed by atoms with Gasteiger partial charge in [-0.1, -0.05) is 67.1 Å². The number of piperazine rings is 1. The molecule has 0 spiro atoms. The molecule has 1 saturated carbocycles. The largest absolute Gasteiger partial charge is 0.339 e. The summed E-state index contributed by atoms with van der Waals surface area (Å²) in [5, 5.41) is 0. The van der Waals surface area contributed by atoms with Gasteiger partial charge in [0.05, 0.1) is 5.41 Å². The highest BCUT2D eigenvalue weighted by atomic mass is 16.2. The Hall–Kier alpha value is -2.62. The predicted octanol–water partition coefficient (Wildman–Crippen LogP) is 3.80. The maximum absolute atomic E-state index is 13.3. The third-order valence-corrected chi connectivity index (χ3v) is 6.56. The normalized spacial score (nSPS) is 18.2. The summed E-state index contributed by atoms with van der Waals surface area (Å²) < 4.78 is 0. The van der Waals surface area contributed by atoms with Gasteiger partial charge in [-0.3, -0.25) is 9.59 Å². The average Bonchev–Trinajstić information content (AvgIpc) is 2.74. The first-order valence-corrected chi connectivity index (χ1v) is 10.9. The van der Waals surface area contributed by atoms with Crippen molar-refractivity contribution in [2.45, 2.75) is 43.9 Å². The fraction of sp³-hybridized carbons (Fsp3) is 0.440. The van der Waals surface area contributed by atoms with Crippen LogP contribution in [0.1, 0.15) is 43.2 Å². The van der Waals surface area contributed by atoms with E-state index in [2.05, 4.69) is 24.3 Å². The van der Waals surface area contributed by atoms with Crippen LogP contribution in [-0.4, -0.2) is 47.8 Å². The van der Waals surface area contributed by atoms with E-state index in [0.717, 1.165) is 37.7 Å². The lowest BCUT2D eigenvalue weighted by atomic mass is 9.63. The topological polar surface area (TPSA) is 40.6 Å². The minimum absolute atomic E-state index is 0.217. The molecule has 2 aliphatic rings. The van der Waals surface area contributed by atoms with Crippen LogP contribution >= 0.6 is 0 Å². The van der Waals surface area contributed by atoms with Gasteiger partial charge in [0.2, 0.25) is 11.8 Å². The Morgan fingerprint density at radius 3 is 1.97 bits per heavy atom. The summed E-state index contributed by atoms with van der Waals surface area (Å²) in [5.74, 6) is 0.473. The fourth-order valence-corrected chi connectivity index (χ4v) is 4.62. The van der Waals surface area contributed by atoms with Crippen molar-refractivity contribution in [2.24, 2.45) is 0 Å². The number of benzene rings is 2. The van der Waals surface area contributed by atoms with Gasteiger partial charge in [-0.25, -0.2) is 0 Å². The zero-order valence-corrected chi connectivity index (χ0v) is 17.1. The van der Waals surface area contributed by atoms with Gasteiger partial charge in [-0.15, -0.1) is 0 Å². The SMILES string of the molecule is O=C(CCCc1ccccc1)N1CCN(C(=O)C2(c3ccccc3)CCC2)CC1. The van der Waals surface area contributed by atoms with E-state index in [0.29, 0.717) is 32.6 Å². The molecule has 1 heterocycles. The Balaban J connectivity index is 1.28. The molecular weight excluding hydrogens is 360 g/mol. The molecule has 4 nitrogen and oxygen atoms in total. The first-order chi connectivity index (χ1) is 14.2. The van der Waals surface area contributed by atoms with Crippen LogP contribution < -0.4 is 0 Å². The summed E-state index contributed by atoms with van der Waals surface area (Å²) in [6.07, 6.45) is 5.38. The van der Waals surface area contributed by atoms with Crippen molar-refractivity contribution in [2.75, 3.05) is 26.2 Å². The lowest BCUT2D eigenvalue weighted by Crippen LogP contribution is -2.57. The Bertz CT molecular complexity index is 822. The molecule has 0 N–H and O–H groups in total. The van der Waals surface area contributed by atoms with Gasteiger partial charge in [-0.2, -0.15) is 0 Å². The molecule has 0 bridgehead atoms. The molecule has 1 aliphatic carbocycles. The number of nitrogens with zero attached hydrogens (tertiary/aromatic N) is 2. The van der Waals surface area contributed by atoms with E-state index in [1.807, 2.05) is 46.2 Å². The molecule has 0 atom stereocenters. The maximum Gasteiger partial charge on any atom is 0.233 e. The third kappa shape index (κ3) is 4.21. The lowest BCUT2D eigenvalue weighted by Gasteiger charge is -2.46. The molecule has 0 aromatic heterocycles. The van der Waals surface area contributed by atoms with Crippen LogP contribution in [0.2, 0.25) is 0 Å². The van der Waals surface area contributed by atoms with Gasteiger partial charge in [0.25, 0.3) is 0 Å². The Morgan fingerprint density at radius 1 is 0.793 bits per heavy atom. The standard InChI is InChI=1S/C25H30N2O2/c28-23(14-7-11-21-9-3-1-4-10-21)26-17-19-27(20-18-26)24(29)25(15-8-16-25)22-12-5-2-6-13-22/h1-6,9-10,12-13H,7-8,11,14-20H2. The quantitative estimate of drug-likeness (QED) is 0.753. The fourth-order valence-electron chi connectivity index (χ4n) is 4.62. The van der Waals surface area contributed by atoms with Crippen LogP contribution in [-0.2, 0) is 21.4 Å². The predicted molar refractivity (Wildman–Crippen MR) is 115 cm³/mol. The van der Waals surface area contributed by atoms with E-state index >= 15 is 0 Å². The van der Waals surface area contributed by atoms with Crippen LogP contribution in [0.15, 0.2) is 60.7 Å². The second-order valence-electron chi connectivity index (χ2n) is 8.31. The highest BCUT2D eigenvalue weighted by Gasteiger charge is 2.47. The third-order valence-electron chi connectivity index (χ3n) is 6.56. The van der Waals surface area contributed by atoms with Gasteiger partial charge in [0.15, 0.2) is 0 Å². The monoisotopic (exact) mass is 390 g/mol. The van der Waals surface area contributed by atoms with E-state index in [1.54, 1.807) is 0 Å². The summed E-state index contributed by atoms with van der Waals surface area (Å²) >= 11 is 0. The molecule has 29 heavy (non-hydrogen) atoms. The van der Waals surface area contributed by atoms with Crippen molar-refractivity contribution >= 4 is 11.8 Å². The zero-order valence-electron chi connectivity index (χ0n) is 17.1. The molecule has 2 fully saturated rings. The number of carbonyl (C=O) groups is 2. The van der Waals surface area contributed by atoms with Crippen molar-refractivity contribution in [1.82, 2.24) is 9.80 Å². The summed E-state index contributed by atoms with van der Waals surface area (Å²) in [4.78, 5) is 29.8. The number of carbonyl (C=O) groups excluding carboxylic acids is 2. The number of hydrogen-bond donors (Lipinski definition) is 0. The summed E-state index contributed by atoms with van der Waals surface area (Å²) in [5.41, 5.74) is 2.10. The maximum atomic E-state index is 13.3. The molecule has 2 aromatic carbocycles. The minimum Gasteiger partial charge on any atom is -0.339 e. The van der Waals surface area contributed by atoms with Gasteiger partial charge in [0, 0.05) is 32.6 Å². The Kier molecular flexibility index (Phi) is 5.98. The van der Waals surface area contributed by atoms with Crippen LogP contribution in [0.25, 0.3) is 0 Å². The van der Waals surface area contributed by atoms with Crippen molar-refractivity contribution in [3.63, 3.8) is 0 Å². The molecule has 0 radical (unpaired) electrons. The molecular formula is C25H30N2O2. The van der Waals surface area contributed by atoms with Gasteiger partial charge < -0.3 is 9.80 Å². The van der Waals surface area contributed by atoms with Crippen LogP contribution in [0, 0.1) is 0 Å². The van der Waals surface area contributed by atoms with E-state index < -0.39 is 0 Å². The van der Waals surface area contributed by atoms with Crippen LogP contribution in [0.5, 0.6) is 0 Å². The Labute approximate surface area is 173 Å². The molecule has 1 saturated heterocycles. The lowest BCUT2D eigenvalue weighted by molar-refractivity contribution is -0.146. The molecule has 4 rings (SSSR count). The van der Waals surface area contributed by atoms with E-state index in [9.17, 15) is 9.59 Å². The smallest absolute Gasteiger partial charge is 0.233 e. The van der Waals surface area contributed by atoms with Crippen molar-refractivity contribution in [3.8, 4) is 0 Å². The number of amides is 2. The molecule has 2 amide bonds. The second-order valence-corrected chi connectivity index (χ2v) is 8.31. The molecule has 0 unspecified atom stereocenters. The molecule has 4 heteroatoms. The van der Waals surface area contributed by atoms with Crippen molar-refractivity contribution < 1.29 is 9.59 Å². The van der Waals surface area contributed by atoms with Crippen LogP contribution in [0.4, 0.5) is 0 Å². The first-order valence-electron chi connectivity index (χ1n) is 10.9. The highest BCUT2D eigenvalue weighted by Crippen LogP contribution is 2.45. The number of rotatable bonds is 6. The van der Waals surface area contributed by atoms with Crippen LogP contribution in [0.3, 0.4) is 0 Å². The summed E-state index contributed by atoms with van der Waals surface area (Å²) in [6, 6.07) is 20.5. The van der Waals surface area contributed by atoms with E-state index in [1.165, 1.54) is 5.56 Å². The van der Waals surface area contributed by atoms with E-state index in [-0.39, 0.29) is 17.2 Å². The summed E-state index contributed by atoms with van der Waals surface area (Å²) in [6.45, 7) is 2.61. The summed E-state index contributed by atoms with van der Waals surface area (Å²) in [7, 11) is 0. The molecule has 1 aliphatic heterocycles. The first kappa shape index (κ1) is 19.7. The van der Waals surface area contributed by atoms with Gasteiger partial charge in [0.1, 0.15) is 0 Å². The highest BCUT2D eigenvalue weighted by molar-refractivity contribution is 5.89. The van der Waals surface area contributed by atoms with Crippen molar-refractivity contribution in [3.05, 3.63) is 71.8 Å². The Morgan fingerprint density at radius 2 is 1.38 bits per heavy atom.